The van der Waals surface area contributed by atoms with Crippen molar-refractivity contribution >= 4 is 17.9 Å². The number of carbonyl (C=O) groups excluding carboxylic acids is 3. The Bertz CT molecular complexity index is 1080. The van der Waals surface area contributed by atoms with Crippen molar-refractivity contribution in [3.8, 4) is 0 Å². The molecule has 0 atom stereocenters. The van der Waals surface area contributed by atoms with Gasteiger partial charge in [-0.2, -0.15) is 0 Å². The van der Waals surface area contributed by atoms with E-state index in [0.29, 0.717) is 6.42 Å². The van der Waals surface area contributed by atoms with Crippen LogP contribution in [-0.2, 0) is 27.4 Å². The molecule has 6 heteroatoms. The first kappa shape index (κ1) is 23.7. The summed E-state index contributed by atoms with van der Waals surface area (Å²) in [7, 11) is 0. The van der Waals surface area contributed by atoms with Crippen molar-refractivity contribution in [2.75, 3.05) is 6.61 Å². The zero-order valence-corrected chi connectivity index (χ0v) is 18.5. The molecule has 0 radical (unpaired) electrons. The van der Waals surface area contributed by atoms with Gasteiger partial charge < -0.3 is 14.2 Å². The van der Waals surface area contributed by atoms with E-state index in [2.05, 4.69) is 0 Å². The number of esters is 3. The first-order valence-electron chi connectivity index (χ1n) is 10.8. The first-order valence-corrected chi connectivity index (χ1v) is 10.8. The van der Waals surface area contributed by atoms with E-state index < -0.39 is 17.9 Å². The molecular formula is C27H26O6. The Balaban J connectivity index is 1.77. The van der Waals surface area contributed by atoms with E-state index in [-0.39, 0.29) is 36.5 Å². The zero-order valence-electron chi connectivity index (χ0n) is 18.5. The van der Waals surface area contributed by atoms with E-state index in [9.17, 15) is 14.4 Å². The summed E-state index contributed by atoms with van der Waals surface area (Å²) in [5.74, 6) is -1.97. The highest BCUT2D eigenvalue weighted by atomic mass is 16.5. The molecule has 6 nitrogen and oxygen atoms in total. The molecule has 0 aromatic heterocycles. The minimum atomic E-state index is -0.687. The fraction of sp³-hybridized carbons (Fsp3) is 0.222. The van der Waals surface area contributed by atoms with Gasteiger partial charge in [-0.15, -0.1) is 0 Å². The van der Waals surface area contributed by atoms with Gasteiger partial charge >= 0.3 is 17.9 Å². The molecule has 33 heavy (non-hydrogen) atoms. The molecule has 0 bridgehead atoms. The number of benzene rings is 3. The normalized spacial score (nSPS) is 10.3. The predicted octanol–water partition coefficient (Wildman–Crippen LogP) is 5.36. The lowest BCUT2D eigenvalue weighted by Crippen LogP contribution is -2.16. The van der Waals surface area contributed by atoms with E-state index in [1.165, 1.54) is 18.2 Å². The highest BCUT2D eigenvalue weighted by Crippen LogP contribution is 2.18. The van der Waals surface area contributed by atoms with Gasteiger partial charge in [-0.05, 0) is 35.7 Å². The molecule has 0 spiro atoms. The summed E-state index contributed by atoms with van der Waals surface area (Å²) in [4.78, 5) is 38.0. The number of hydrogen-bond acceptors (Lipinski definition) is 6. The monoisotopic (exact) mass is 446 g/mol. The van der Waals surface area contributed by atoms with Gasteiger partial charge in [0.25, 0.3) is 0 Å². The molecular weight excluding hydrogens is 420 g/mol. The first-order chi connectivity index (χ1) is 16.1. The van der Waals surface area contributed by atoms with E-state index in [1.807, 2.05) is 67.6 Å². The number of unbranched alkanes of at least 4 members (excludes halogenated alkanes) is 1. The van der Waals surface area contributed by atoms with Crippen LogP contribution in [-0.4, -0.2) is 24.5 Å². The predicted molar refractivity (Wildman–Crippen MR) is 123 cm³/mol. The van der Waals surface area contributed by atoms with Gasteiger partial charge in [-0.25, -0.2) is 14.4 Å². The van der Waals surface area contributed by atoms with Gasteiger partial charge in [-0.1, -0.05) is 74.0 Å². The summed E-state index contributed by atoms with van der Waals surface area (Å²) in [6, 6.07) is 22.6. The number of carbonyl (C=O) groups is 3. The minimum absolute atomic E-state index is 0.0293. The van der Waals surface area contributed by atoms with Gasteiger partial charge in [0.15, 0.2) is 0 Å². The minimum Gasteiger partial charge on any atom is -0.462 e. The molecule has 0 fully saturated rings. The highest BCUT2D eigenvalue weighted by molar-refractivity contribution is 6.05. The molecule has 0 heterocycles. The van der Waals surface area contributed by atoms with E-state index >= 15 is 0 Å². The molecule has 0 saturated carbocycles. The SMILES string of the molecule is CCCCOC(=O)c1cc(C(=O)OCc2ccccc2)ccc1C(=O)OCc1ccccc1. The van der Waals surface area contributed by atoms with Crippen LogP contribution in [0.4, 0.5) is 0 Å². The molecule has 0 N–H and O–H groups in total. The topological polar surface area (TPSA) is 78.9 Å². The van der Waals surface area contributed by atoms with Crippen LogP contribution >= 0.6 is 0 Å². The van der Waals surface area contributed by atoms with Gasteiger partial charge in [0, 0.05) is 0 Å². The summed E-state index contributed by atoms with van der Waals surface area (Å²) in [5, 5.41) is 0. The maximum absolute atomic E-state index is 12.7. The van der Waals surface area contributed by atoms with Crippen molar-refractivity contribution in [3.63, 3.8) is 0 Å². The smallest absolute Gasteiger partial charge is 0.339 e. The lowest BCUT2D eigenvalue weighted by Gasteiger charge is -2.12. The van der Waals surface area contributed by atoms with Crippen LogP contribution in [0.1, 0.15) is 62.0 Å². The van der Waals surface area contributed by atoms with E-state index in [4.69, 9.17) is 14.2 Å². The Kier molecular flexibility index (Phi) is 8.77. The fourth-order valence-corrected chi connectivity index (χ4v) is 3.01. The molecule has 170 valence electrons. The number of rotatable bonds is 10. The van der Waals surface area contributed by atoms with Crippen LogP contribution in [0, 0.1) is 0 Å². The number of hydrogen-bond donors (Lipinski definition) is 0. The largest absolute Gasteiger partial charge is 0.462 e. The van der Waals surface area contributed by atoms with Crippen LogP contribution in [0.3, 0.4) is 0 Å². The Labute approximate surface area is 193 Å². The van der Waals surface area contributed by atoms with Crippen molar-refractivity contribution in [2.24, 2.45) is 0 Å². The van der Waals surface area contributed by atoms with Gasteiger partial charge in [0.1, 0.15) is 13.2 Å². The highest BCUT2D eigenvalue weighted by Gasteiger charge is 2.22. The molecule has 3 rings (SSSR count). The molecule has 0 amide bonds. The van der Waals surface area contributed by atoms with Gasteiger partial charge in [0.05, 0.1) is 23.3 Å². The van der Waals surface area contributed by atoms with Crippen LogP contribution in [0.25, 0.3) is 0 Å². The third-order valence-electron chi connectivity index (χ3n) is 4.85. The molecule has 0 aliphatic heterocycles. The standard InChI is InChI=1S/C27H26O6/c1-2-3-16-31-27(30)24-17-22(25(28)32-18-20-10-6-4-7-11-20)14-15-23(24)26(29)33-19-21-12-8-5-9-13-21/h4-15,17H,2-3,16,18-19H2,1H3. The average molecular weight is 446 g/mol. The molecule has 0 saturated heterocycles. The molecule has 0 aliphatic rings. The van der Waals surface area contributed by atoms with Crippen molar-refractivity contribution in [3.05, 3.63) is 107 Å². The van der Waals surface area contributed by atoms with Gasteiger partial charge in [-0.3, -0.25) is 0 Å². The molecule has 0 aliphatic carbocycles. The second-order valence-electron chi connectivity index (χ2n) is 7.37. The van der Waals surface area contributed by atoms with Crippen LogP contribution in [0.5, 0.6) is 0 Å². The van der Waals surface area contributed by atoms with Crippen LogP contribution in [0.15, 0.2) is 78.9 Å². The second-order valence-corrected chi connectivity index (χ2v) is 7.37. The Morgan fingerprint density at radius 2 is 1.18 bits per heavy atom. The second kappa shape index (κ2) is 12.2. The lowest BCUT2D eigenvalue weighted by molar-refractivity contribution is 0.0433. The Morgan fingerprint density at radius 3 is 1.76 bits per heavy atom. The Hall–Kier alpha value is -3.93. The summed E-state index contributed by atoms with van der Waals surface area (Å²) in [6.45, 7) is 2.35. The quantitative estimate of drug-likeness (QED) is 0.237. The van der Waals surface area contributed by atoms with Crippen LogP contribution < -0.4 is 0 Å². The maximum Gasteiger partial charge on any atom is 0.339 e. The van der Waals surface area contributed by atoms with Crippen molar-refractivity contribution in [1.29, 1.82) is 0 Å². The molecule has 0 unspecified atom stereocenters. The van der Waals surface area contributed by atoms with Crippen LogP contribution in [0.2, 0.25) is 0 Å². The third-order valence-corrected chi connectivity index (χ3v) is 4.85. The van der Waals surface area contributed by atoms with Crippen molar-refractivity contribution < 1.29 is 28.6 Å². The Morgan fingerprint density at radius 1 is 0.636 bits per heavy atom. The molecule has 3 aromatic carbocycles. The van der Waals surface area contributed by atoms with Crippen molar-refractivity contribution in [2.45, 2.75) is 33.0 Å². The average Bonchev–Trinajstić information content (AvgIpc) is 2.86. The molecule has 3 aromatic rings. The maximum atomic E-state index is 12.7. The summed E-state index contributed by atoms with van der Waals surface area (Å²) in [5.41, 5.74) is 1.81. The van der Waals surface area contributed by atoms with Gasteiger partial charge in [0.2, 0.25) is 0 Å². The lowest BCUT2D eigenvalue weighted by atomic mass is 10.0. The summed E-state index contributed by atoms with van der Waals surface area (Å²) < 4.78 is 16.0. The third kappa shape index (κ3) is 7.04. The summed E-state index contributed by atoms with van der Waals surface area (Å²) in [6.07, 6.45) is 1.55. The zero-order chi connectivity index (χ0) is 23.5. The number of ether oxygens (including phenoxy) is 3. The fourth-order valence-electron chi connectivity index (χ4n) is 3.01. The van der Waals surface area contributed by atoms with E-state index in [1.54, 1.807) is 0 Å². The van der Waals surface area contributed by atoms with E-state index in [0.717, 1.165) is 17.5 Å². The summed E-state index contributed by atoms with van der Waals surface area (Å²) >= 11 is 0. The van der Waals surface area contributed by atoms with Crippen molar-refractivity contribution in [1.82, 2.24) is 0 Å².